The average Bonchev–Trinajstić information content (AvgIpc) is 2.60. The topological polar surface area (TPSA) is 54.4 Å². The normalized spacial score (nSPS) is 11.6. The first-order chi connectivity index (χ1) is 12.6. The number of Topliss-reactive ketones (excluding diaryl/α,β-unsaturated/α-hetero) is 1. The molecule has 142 valence electrons. The van der Waals surface area contributed by atoms with Gasteiger partial charge in [-0.15, -0.1) is 0 Å². The van der Waals surface area contributed by atoms with E-state index in [0.717, 1.165) is 18.2 Å². The molecule has 0 unspecified atom stereocenters. The van der Waals surface area contributed by atoms with E-state index in [9.17, 15) is 35.9 Å². The molecule has 0 aliphatic rings. The number of benzene rings is 2. The van der Waals surface area contributed by atoms with Gasteiger partial charge in [-0.05, 0) is 30.5 Å². The maximum atomic E-state index is 13.7. The molecular weight excluding hydrogens is 378 g/mol. The van der Waals surface area contributed by atoms with Gasteiger partial charge in [0.1, 0.15) is 17.2 Å². The molecule has 0 saturated heterocycles. The SMILES string of the molecule is O=C(O)C(=CCCc1ccc(F)cc1F)C(=O)c1cc(F)c(F)c(F)c1F. The van der Waals surface area contributed by atoms with Crippen LogP contribution >= 0.6 is 0 Å². The Hall–Kier alpha value is -3.10. The van der Waals surface area contributed by atoms with E-state index < -0.39 is 57.8 Å². The molecule has 0 bridgehead atoms. The summed E-state index contributed by atoms with van der Waals surface area (Å²) in [7, 11) is 0. The largest absolute Gasteiger partial charge is 0.478 e. The lowest BCUT2D eigenvalue weighted by Gasteiger charge is -2.06. The number of allylic oxidation sites excluding steroid dienone is 1. The lowest BCUT2D eigenvalue weighted by molar-refractivity contribution is -0.132. The first-order valence-corrected chi connectivity index (χ1v) is 7.38. The van der Waals surface area contributed by atoms with Crippen LogP contribution < -0.4 is 0 Å². The number of aryl methyl sites for hydroxylation is 1. The second-order valence-electron chi connectivity index (χ2n) is 5.37. The van der Waals surface area contributed by atoms with Crippen molar-refractivity contribution in [2.45, 2.75) is 12.8 Å². The van der Waals surface area contributed by atoms with Gasteiger partial charge in [-0.25, -0.2) is 31.1 Å². The molecule has 0 aliphatic carbocycles. The van der Waals surface area contributed by atoms with Crippen molar-refractivity contribution < 1.29 is 41.0 Å². The van der Waals surface area contributed by atoms with Crippen LogP contribution in [-0.4, -0.2) is 16.9 Å². The van der Waals surface area contributed by atoms with E-state index in [1.54, 1.807) is 0 Å². The zero-order valence-corrected chi connectivity index (χ0v) is 13.3. The van der Waals surface area contributed by atoms with E-state index in [-0.39, 0.29) is 24.5 Å². The van der Waals surface area contributed by atoms with E-state index in [4.69, 9.17) is 5.11 Å². The van der Waals surface area contributed by atoms with Crippen LogP contribution in [0.1, 0.15) is 22.3 Å². The number of hydrogen-bond donors (Lipinski definition) is 1. The Bertz CT molecular complexity index is 953. The van der Waals surface area contributed by atoms with Crippen LogP contribution in [0.4, 0.5) is 26.3 Å². The summed E-state index contributed by atoms with van der Waals surface area (Å²) in [6.07, 6.45) is 0.431. The van der Waals surface area contributed by atoms with Crippen LogP contribution in [0.15, 0.2) is 35.9 Å². The third kappa shape index (κ3) is 4.36. The number of rotatable bonds is 6. The standard InChI is InChI=1S/C18H10F6O3/c19-9-5-4-8(12(20)6-9)2-1-3-10(18(26)27)17(25)11-7-13(21)15(23)16(24)14(11)22/h3-7H,1-2H2,(H,26,27). The highest BCUT2D eigenvalue weighted by Gasteiger charge is 2.27. The summed E-state index contributed by atoms with van der Waals surface area (Å²) in [6, 6.07) is 2.75. The van der Waals surface area contributed by atoms with Crippen molar-refractivity contribution in [1.29, 1.82) is 0 Å². The maximum Gasteiger partial charge on any atom is 0.339 e. The molecule has 1 N–H and O–H groups in total. The maximum absolute atomic E-state index is 13.7. The highest BCUT2D eigenvalue weighted by Crippen LogP contribution is 2.22. The van der Waals surface area contributed by atoms with Crippen molar-refractivity contribution in [3.8, 4) is 0 Å². The van der Waals surface area contributed by atoms with E-state index in [1.165, 1.54) is 0 Å². The minimum Gasteiger partial charge on any atom is -0.478 e. The highest BCUT2D eigenvalue weighted by atomic mass is 19.2. The van der Waals surface area contributed by atoms with Gasteiger partial charge in [0.25, 0.3) is 0 Å². The van der Waals surface area contributed by atoms with Crippen molar-refractivity contribution in [2.24, 2.45) is 0 Å². The molecule has 2 rings (SSSR count). The van der Waals surface area contributed by atoms with Gasteiger partial charge in [-0.2, -0.15) is 0 Å². The third-order valence-electron chi connectivity index (χ3n) is 3.60. The van der Waals surface area contributed by atoms with Crippen LogP contribution in [0.2, 0.25) is 0 Å². The Labute approximate surface area is 148 Å². The second kappa shape index (κ2) is 8.07. The van der Waals surface area contributed by atoms with E-state index >= 15 is 0 Å². The molecule has 0 spiro atoms. The van der Waals surface area contributed by atoms with Crippen molar-refractivity contribution >= 4 is 11.8 Å². The summed E-state index contributed by atoms with van der Waals surface area (Å²) in [5.74, 6) is -13.4. The van der Waals surface area contributed by atoms with Gasteiger partial charge >= 0.3 is 5.97 Å². The van der Waals surface area contributed by atoms with E-state index in [0.29, 0.717) is 6.07 Å². The van der Waals surface area contributed by atoms with E-state index in [2.05, 4.69) is 0 Å². The van der Waals surface area contributed by atoms with Crippen molar-refractivity contribution in [1.82, 2.24) is 0 Å². The third-order valence-corrected chi connectivity index (χ3v) is 3.60. The Morgan fingerprint density at radius 3 is 2.15 bits per heavy atom. The zero-order valence-electron chi connectivity index (χ0n) is 13.3. The van der Waals surface area contributed by atoms with Crippen LogP contribution in [0.5, 0.6) is 0 Å². The predicted molar refractivity (Wildman–Crippen MR) is 81.0 cm³/mol. The van der Waals surface area contributed by atoms with Crippen molar-refractivity contribution in [2.75, 3.05) is 0 Å². The number of carbonyl (C=O) groups is 2. The summed E-state index contributed by atoms with van der Waals surface area (Å²) in [5, 5.41) is 9.08. The molecule has 0 heterocycles. The number of hydrogen-bond acceptors (Lipinski definition) is 2. The molecule has 0 radical (unpaired) electrons. The van der Waals surface area contributed by atoms with E-state index in [1.807, 2.05) is 0 Å². The number of carbonyl (C=O) groups excluding carboxylic acids is 1. The van der Waals surface area contributed by atoms with Crippen LogP contribution in [0.3, 0.4) is 0 Å². The highest BCUT2D eigenvalue weighted by molar-refractivity contribution is 6.23. The first-order valence-electron chi connectivity index (χ1n) is 7.38. The molecule has 0 atom stereocenters. The van der Waals surface area contributed by atoms with Gasteiger partial charge in [-0.1, -0.05) is 12.1 Å². The molecule has 2 aromatic carbocycles. The number of carboxylic acid groups (broad SMARTS) is 1. The summed E-state index contributed by atoms with van der Waals surface area (Å²) in [4.78, 5) is 23.3. The smallest absolute Gasteiger partial charge is 0.339 e. The van der Waals surface area contributed by atoms with Crippen LogP contribution in [0.25, 0.3) is 0 Å². The Balaban J connectivity index is 2.30. The predicted octanol–water partition coefficient (Wildman–Crippen LogP) is 4.35. The molecule has 0 aromatic heterocycles. The fourth-order valence-corrected chi connectivity index (χ4v) is 2.26. The van der Waals surface area contributed by atoms with Gasteiger partial charge in [0.2, 0.25) is 5.78 Å². The summed E-state index contributed by atoms with van der Waals surface area (Å²) >= 11 is 0. The first kappa shape index (κ1) is 20.2. The molecule has 0 amide bonds. The van der Waals surface area contributed by atoms with Gasteiger partial charge < -0.3 is 5.11 Å². The Morgan fingerprint density at radius 2 is 1.56 bits per heavy atom. The molecule has 0 fully saturated rings. The minimum atomic E-state index is -2.25. The van der Waals surface area contributed by atoms with Gasteiger partial charge in [-0.3, -0.25) is 4.79 Å². The van der Waals surface area contributed by atoms with Crippen LogP contribution in [-0.2, 0) is 11.2 Å². The van der Waals surface area contributed by atoms with Crippen molar-refractivity contribution in [3.63, 3.8) is 0 Å². The average molecular weight is 388 g/mol. The van der Waals surface area contributed by atoms with Gasteiger partial charge in [0.05, 0.1) is 5.56 Å². The molecule has 27 heavy (non-hydrogen) atoms. The van der Waals surface area contributed by atoms with Gasteiger partial charge in [0.15, 0.2) is 23.3 Å². The zero-order chi connectivity index (χ0) is 20.3. The molecular formula is C18H10F6O3. The quantitative estimate of drug-likeness (QED) is 0.152. The molecule has 2 aromatic rings. The molecule has 9 heteroatoms. The lowest BCUT2D eigenvalue weighted by Crippen LogP contribution is -2.16. The fraction of sp³-hybridized carbons (Fsp3) is 0.111. The summed E-state index contributed by atoms with van der Waals surface area (Å²) in [5.41, 5.74) is -2.32. The lowest BCUT2D eigenvalue weighted by atomic mass is 10.00. The molecule has 0 saturated carbocycles. The van der Waals surface area contributed by atoms with Crippen LogP contribution in [0, 0.1) is 34.9 Å². The monoisotopic (exact) mass is 388 g/mol. The summed E-state index contributed by atoms with van der Waals surface area (Å²) < 4.78 is 79.5. The number of ketones is 1. The number of carboxylic acids is 1. The minimum absolute atomic E-state index is 0.0230. The number of aliphatic carboxylic acids is 1. The summed E-state index contributed by atoms with van der Waals surface area (Å²) in [6.45, 7) is 0. The fourth-order valence-electron chi connectivity index (χ4n) is 2.26. The molecule has 0 aliphatic heterocycles. The molecule has 3 nitrogen and oxygen atoms in total. The Kier molecular flexibility index (Phi) is 6.04. The van der Waals surface area contributed by atoms with Crippen molar-refractivity contribution in [3.05, 3.63) is 81.9 Å². The number of halogens is 6. The second-order valence-corrected chi connectivity index (χ2v) is 5.37. The van der Waals surface area contributed by atoms with Gasteiger partial charge in [0, 0.05) is 6.07 Å². The Morgan fingerprint density at radius 1 is 0.889 bits per heavy atom.